The van der Waals surface area contributed by atoms with Gasteiger partial charge in [0.1, 0.15) is 5.82 Å². The van der Waals surface area contributed by atoms with Crippen molar-refractivity contribution in [2.45, 2.75) is 31.9 Å². The molecule has 1 saturated heterocycles. The Labute approximate surface area is 241 Å². The van der Waals surface area contributed by atoms with E-state index >= 15 is 0 Å². The number of Topliss-reactive ketones (excluding diaryl/α,β-unsaturated/α-hetero) is 1. The molecule has 4 rings (SSSR count). The molecule has 2 aromatic rings. The number of ether oxygens (including phenoxy) is 2. The molecule has 0 radical (unpaired) electrons. The zero-order chi connectivity index (χ0) is 29.2. The molecular formula is C32H39N5O4. The third-order valence-electron chi connectivity index (χ3n) is 7.24. The minimum atomic E-state index is -1.41. The van der Waals surface area contributed by atoms with Gasteiger partial charge < -0.3 is 35.5 Å². The molecule has 4 N–H and O–H groups in total. The molecule has 2 aromatic carbocycles. The van der Waals surface area contributed by atoms with E-state index in [1.54, 1.807) is 26.5 Å². The van der Waals surface area contributed by atoms with Gasteiger partial charge in [0.25, 0.3) is 0 Å². The number of rotatable bonds is 10. The van der Waals surface area contributed by atoms with Crippen LogP contribution in [-0.2, 0) is 4.79 Å². The molecule has 0 aliphatic carbocycles. The third kappa shape index (κ3) is 8.15. The number of carbonyl (C=O) groups is 1. The standard InChI is InChI=1S/C32H39N5O4/c1-37-17-8-7-11-23(15-18-37)31(38)27(19-22-9-5-4-6-10-22)36-32(39)25(33)21-30-34-16-14-26(35-30)24-12-13-28(40-2)29(20-24)41-3/h4-6,9-10,12-14,16,19-21,23,32-33,35-36,39H,7-8,11,15,17-18H2,1-3H3/b27-19+,30-21-,33-25?. The molecule has 0 amide bonds. The number of aliphatic hydroxyl groups excluding tert-OH is 1. The summed E-state index contributed by atoms with van der Waals surface area (Å²) in [4.78, 5) is 20.3. The second-order valence-corrected chi connectivity index (χ2v) is 10.2. The summed E-state index contributed by atoms with van der Waals surface area (Å²) >= 11 is 0. The van der Waals surface area contributed by atoms with Gasteiger partial charge in [-0.05, 0) is 75.3 Å². The Morgan fingerprint density at radius 3 is 2.66 bits per heavy atom. The Hall–Kier alpha value is -4.21. The number of nitrogens with one attached hydrogen (secondary N) is 3. The van der Waals surface area contributed by atoms with Gasteiger partial charge in [0.05, 0.1) is 25.6 Å². The molecule has 216 valence electrons. The van der Waals surface area contributed by atoms with Crippen LogP contribution in [0, 0.1) is 11.3 Å². The van der Waals surface area contributed by atoms with Crippen molar-refractivity contribution in [2.75, 3.05) is 34.4 Å². The van der Waals surface area contributed by atoms with Crippen LogP contribution in [0.4, 0.5) is 0 Å². The number of methoxy groups -OCH3 is 2. The van der Waals surface area contributed by atoms with Gasteiger partial charge >= 0.3 is 0 Å². The number of carbonyl (C=O) groups excluding carboxylic acids is 1. The normalized spacial score (nSPS) is 19.8. The minimum absolute atomic E-state index is 0.0452. The SMILES string of the molecule is COc1ccc(C2=CC=N/C(=C/C(=N)C(O)N/C(=C/c3ccccc3)C(=O)C3CCCCN(C)CC3)N2)cc1OC. The maximum absolute atomic E-state index is 13.7. The summed E-state index contributed by atoms with van der Waals surface area (Å²) in [6.07, 6.45) is 8.81. The van der Waals surface area contributed by atoms with Gasteiger partial charge in [-0.2, -0.15) is 0 Å². The molecule has 9 heteroatoms. The van der Waals surface area contributed by atoms with Crippen molar-refractivity contribution in [1.82, 2.24) is 15.5 Å². The predicted octanol–water partition coefficient (Wildman–Crippen LogP) is 4.22. The molecule has 2 heterocycles. The topological polar surface area (TPSA) is 119 Å². The first-order valence-electron chi connectivity index (χ1n) is 13.9. The summed E-state index contributed by atoms with van der Waals surface area (Å²) in [7, 11) is 5.24. The maximum atomic E-state index is 13.7. The van der Waals surface area contributed by atoms with Crippen LogP contribution in [0.2, 0.25) is 0 Å². The number of ketones is 1. The molecule has 41 heavy (non-hydrogen) atoms. The molecule has 0 saturated carbocycles. The van der Waals surface area contributed by atoms with E-state index in [2.05, 4.69) is 27.6 Å². The fourth-order valence-corrected chi connectivity index (χ4v) is 4.89. The molecule has 0 aromatic heterocycles. The van der Waals surface area contributed by atoms with Crippen molar-refractivity contribution >= 4 is 29.5 Å². The van der Waals surface area contributed by atoms with Crippen molar-refractivity contribution in [3.05, 3.63) is 83.3 Å². The minimum Gasteiger partial charge on any atom is -0.493 e. The number of aliphatic imine (C=N–C) groups is 1. The lowest BCUT2D eigenvalue weighted by Crippen LogP contribution is -2.39. The highest BCUT2D eigenvalue weighted by Gasteiger charge is 2.26. The molecule has 2 atom stereocenters. The average molecular weight is 558 g/mol. The smallest absolute Gasteiger partial charge is 0.181 e. The van der Waals surface area contributed by atoms with Crippen molar-refractivity contribution in [3.8, 4) is 11.5 Å². The number of likely N-dealkylation sites (tertiary alicyclic amines) is 1. The van der Waals surface area contributed by atoms with Gasteiger partial charge in [0.2, 0.25) is 0 Å². The molecule has 0 bridgehead atoms. The fourth-order valence-electron chi connectivity index (χ4n) is 4.89. The van der Waals surface area contributed by atoms with E-state index in [4.69, 9.17) is 14.9 Å². The highest BCUT2D eigenvalue weighted by molar-refractivity contribution is 6.03. The quantitative estimate of drug-likeness (QED) is 0.196. The second-order valence-electron chi connectivity index (χ2n) is 10.2. The van der Waals surface area contributed by atoms with Gasteiger partial charge in [-0.1, -0.05) is 36.8 Å². The molecule has 9 nitrogen and oxygen atoms in total. The second kappa shape index (κ2) is 14.4. The van der Waals surface area contributed by atoms with Gasteiger partial charge in [0, 0.05) is 29.5 Å². The van der Waals surface area contributed by atoms with Crippen LogP contribution >= 0.6 is 0 Å². The average Bonchev–Trinajstić information content (AvgIpc) is 2.98. The number of benzene rings is 2. The number of allylic oxidation sites excluding steroid dienone is 2. The van der Waals surface area contributed by atoms with E-state index in [1.807, 2.05) is 54.6 Å². The summed E-state index contributed by atoms with van der Waals surface area (Å²) in [5.74, 6) is 1.39. The van der Waals surface area contributed by atoms with Crippen molar-refractivity contribution in [2.24, 2.45) is 10.9 Å². The summed E-state index contributed by atoms with van der Waals surface area (Å²) in [5.41, 5.74) is 2.59. The largest absolute Gasteiger partial charge is 0.493 e. The predicted molar refractivity (Wildman–Crippen MR) is 163 cm³/mol. The Kier molecular flexibility index (Phi) is 10.5. The van der Waals surface area contributed by atoms with E-state index in [0.29, 0.717) is 23.0 Å². The van der Waals surface area contributed by atoms with Crippen molar-refractivity contribution < 1.29 is 19.4 Å². The molecule has 2 aliphatic heterocycles. The lowest BCUT2D eigenvalue weighted by Gasteiger charge is -2.26. The van der Waals surface area contributed by atoms with E-state index in [-0.39, 0.29) is 17.4 Å². The number of aliphatic hydroxyl groups is 1. The Morgan fingerprint density at radius 2 is 1.90 bits per heavy atom. The lowest BCUT2D eigenvalue weighted by atomic mass is 9.90. The number of hydrogen-bond acceptors (Lipinski definition) is 9. The van der Waals surface area contributed by atoms with Crippen LogP contribution in [-0.4, -0.2) is 68.3 Å². The van der Waals surface area contributed by atoms with Gasteiger partial charge in [0.15, 0.2) is 23.5 Å². The van der Waals surface area contributed by atoms with Crippen molar-refractivity contribution in [3.63, 3.8) is 0 Å². The molecule has 1 fully saturated rings. The van der Waals surface area contributed by atoms with Gasteiger partial charge in [-0.25, -0.2) is 4.99 Å². The summed E-state index contributed by atoms with van der Waals surface area (Å²) in [6.45, 7) is 1.88. The third-order valence-corrected chi connectivity index (χ3v) is 7.24. The van der Waals surface area contributed by atoms with Crippen LogP contribution in [0.15, 0.2) is 77.2 Å². The van der Waals surface area contributed by atoms with Gasteiger partial charge in [-0.15, -0.1) is 0 Å². The van der Waals surface area contributed by atoms with Crippen LogP contribution in [0.3, 0.4) is 0 Å². The summed E-state index contributed by atoms with van der Waals surface area (Å²) < 4.78 is 10.7. The first-order chi connectivity index (χ1) is 19.9. The van der Waals surface area contributed by atoms with Gasteiger partial charge in [-0.3, -0.25) is 4.79 Å². The Bertz CT molecular complexity index is 1350. The summed E-state index contributed by atoms with van der Waals surface area (Å²) in [6, 6.07) is 15.1. The maximum Gasteiger partial charge on any atom is 0.181 e. The Balaban J connectivity index is 1.49. The molecular weight excluding hydrogens is 518 g/mol. The zero-order valence-corrected chi connectivity index (χ0v) is 23.9. The monoisotopic (exact) mass is 557 g/mol. The van der Waals surface area contributed by atoms with Crippen LogP contribution in [0.5, 0.6) is 11.5 Å². The lowest BCUT2D eigenvalue weighted by molar-refractivity contribution is -0.120. The molecule has 2 unspecified atom stereocenters. The van der Waals surface area contributed by atoms with Crippen LogP contribution < -0.4 is 20.1 Å². The molecule has 0 spiro atoms. The summed E-state index contributed by atoms with van der Waals surface area (Å²) in [5, 5.41) is 25.7. The fraction of sp³-hybridized carbons (Fsp3) is 0.344. The Morgan fingerprint density at radius 1 is 1.12 bits per heavy atom. The highest BCUT2D eigenvalue weighted by Crippen LogP contribution is 2.30. The van der Waals surface area contributed by atoms with E-state index in [1.165, 1.54) is 6.08 Å². The first-order valence-corrected chi connectivity index (χ1v) is 13.9. The van der Waals surface area contributed by atoms with E-state index in [9.17, 15) is 9.90 Å². The van der Waals surface area contributed by atoms with Crippen LogP contribution in [0.25, 0.3) is 11.8 Å². The number of hydrogen-bond donors (Lipinski definition) is 4. The van der Waals surface area contributed by atoms with E-state index in [0.717, 1.165) is 55.6 Å². The zero-order valence-electron chi connectivity index (χ0n) is 23.9. The van der Waals surface area contributed by atoms with Crippen molar-refractivity contribution in [1.29, 1.82) is 5.41 Å². The first kappa shape index (κ1) is 29.8. The molecule has 2 aliphatic rings. The van der Waals surface area contributed by atoms with E-state index < -0.39 is 6.23 Å². The van der Waals surface area contributed by atoms with Crippen LogP contribution in [0.1, 0.15) is 36.8 Å². The number of nitrogens with zero attached hydrogens (tertiary/aromatic N) is 2. The highest BCUT2D eigenvalue weighted by atomic mass is 16.5.